The minimum atomic E-state index is -0.828. The number of nitrogens with zero attached hydrogens (tertiary/aromatic N) is 3. The van der Waals surface area contributed by atoms with Crippen LogP contribution < -0.4 is 10.9 Å². The van der Waals surface area contributed by atoms with Crippen LogP contribution >= 0.6 is 11.6 Å². The lowest BCUT2D eigenvalue weighted by molar-refractivity contribution is -0.119. The number of aryl methyl sites for hydroxylation is 3. The zero-order chi connectivity index (χ0) is 18.3. The quantitative estimate of drug-likeness (QED) is 0.774. The Labute approximate surface area is 148 Å². The Morgan fingerprint density at radius 2 is 2.04 bits per heavy atom. The number of amides is 1. The lowest BCUT2D eigenvalue weighted by Gasteiger charge is -2.16. The van der Waals surface area contributed by atoms with Crippen molar-refractivity contribution in [3.05, 3.63) is 50.6 Å². The van der Waals surface area contributed by atoms with Crippen LogP contribution in [0.25, 0.3) is 10.9 Å². The van der Waals surface area contributed by atoms with Crippen LogP contribution in [0.5, 0.6) is 0 Å². The highest BCUT2D eigenvalue weighted by Gasteiger charge is 2.22. The summed E-state index contributed by atoms with van der Waals surface area (Å²) in [5, 5.41) is 11.9. The molecule has 1 unspecified atom stereocenters. The van der Waals surface area contributed by atoms with Gasteiger partial charge in [-0.15, -0.1) is 0 Å². The van der Waals surface area contributed by atoms with Gasteiger partial charge in [-0.05, 0) is 45.4 Å². The van der Waals surface area contributed by atoms with Gasteiger partial charge in [-0.2, -0.15) is 5.10 Å². The van der Waals surface area contributed by atoms with Crippen LogP contribution in [0.4, 0.5) is 5.69 Å². The Morgan fingerprint density at radius 1 is 1.32 bits per heavy atom. The maximum atomic E-state index is 12.6. The molecule has 0 aliphatic rings. The van der Waals surface area contributed by atoms with Crippen LogP contribution in [0.3, 0.4) is 0 Å². The van der Waals surface area contributed by atoms with Crippen LogP contribution in [-0.2, 0) is 4.79 Å². The summed E-state index contributed by atoms with van der Waals surface area (Å²) in [5.41, 5.74) is 1.73. The molecule has 1 amide bonds. The smallest absolute Gasteiger partial charge is 0.297 e. The van der Waals surface area contributed by atoms with Crippen molar-refractivity contribution in [2.75, 3.05) is 5.32 Å². The van der Waals surface area contributed by atoms with E-state index in [2.05, 4.69) is 15.6 Å². The molecule has 0 saturated carbocycles. The van der Waals surface area contributed by atoms with E-state index in [1.165, 1.54) is 0 Å². The minimum Gasteiger partial charge on any atom is -0.360 e. The highest BCUT2D eigenvalue weighted by molar-refractivity contribution is 6.31. The van der Waals surface area contributed by atoms with Crippen molar-refractivity contribution in [2.24, 2.45) is 0 Å². The van der Waals surface area contributed by atoms with E-state index in [0.717, 1.165) is 10.2 Å². The van der Waals surface area contributed by atoms with E-state index < -0.39 is 11.6 Å². The fourth-order valence-electron chi connectivity index (χ4n) is 2.65. The van der Waals surface area contributed by atoms with Gasteiger partial charge in [-0.1, -0.05) is 22.8 Å². The van der Waals surface area contributed by atoms with Crippen molar-refractivity contribution in [3.63, 3.8) is 0 Å². The number of benzene rings is 1. The molecule has 0 fully saturated rings. The summed E-state index contributed by atoms with van der Waals surface area (Å²) in [6.45, 7) is 6.91. The first-order valence-corrected chi connectivity index (χ1v) is 8.09. The normalized spacial score (nSPS) is 12.4. The number of anilines is 1. The molecule has 1 N–H and O–H groups in total. The third-order valence-electron chi connectivity index (χ3n) is 4.10. The standard InChI is InChI=1S/C17H17ClN4O3/c1-8-5-6-12(18)7-13(8)19-16(23)10(3)22-17(24)15-14(9(2)20-22)11(4)25-21-15/h5-7,10H,1-4H3,(H,19,23). The van der Waals surface area contributed by atoms with Gasteiger partial charge >= 0.3 is 0 Å². The second-order valence-corrected chi connectivity index (χ2v) is 6.36. The fourth-order valence-corrected chi connectivity index (χ4v) is 2.82. The van der Waals surface area contributed by atoms with E-state index in [9.17, 15) is 9.59 Å². The molecule has 0 bridgehead atoms. The number of halogens is 1. The summed E-state index contributed by atoms with van der Waals surface area (Å²) >= 11 is 5.97. The summed E-state index contributed by atoms with van der Waals surface area (Å²) < 4.78 is 6.20. The summed E-state index contributed by atoms with van der Waals surface area (Å²) in [5.74, 6) is 0.148. The molecule has 2 heterocycles. The molecule has 0 radical (unpaired) electrons. The van der Waals surface area contributed by atoms with E-state index in [1.54, 1.807) is 39.0 Å². The lowest BCUT2D eigenvalue weighted by Crippen LogP contribution is -2.34. The largest absolute Gasteiger partial charge is 0.360 e. The van der Waals surface area contributed by atoms with Crippen molar-refractivity contribution in [3.8, 4) is 0 Å². The van der Waals surface area contributed by atoms with E-state index in [1.807, 2.05) is 6.92 Å². The Hall–Kier alpha value is -2.67. The Balaban J connectivity index is 1.98. The second kappa shape index (κ2) is 6.33. The highest BCUT2D eigenvalue weighted by atomic mass is 35.5. The molecular formula is C17H17ClN4O3. The Bertz CT molecular complexity index is 1040. The molecule has 0 saturated heterocycles. The molecule has 3 rings (SSSR count). The van der Waals surface area contributed by atoms with E-state index >= 15 is 0 Å². The SMILES string of the molecule is Cc1ccc(Cl)cc1NC(=O)C(C)n1nc(C)c2c(C)onc2c1=O. The number of nitrogens with one attached hydrogen (secondary N) is 1. The molecule has 0 spiro atoms. The molecule has 8 heteroatoms. The van der Waals surface area contributed by atoms with Crippen LogP contribution in [-0.4, -0.2) is 20.8 Å². The molecule has 7 nitrogen and oxygen atoms in total. The number of rotatable bonds is 3. The van der Waals surface area contributed by atoms with Crippen molar-refractivity contribution < 1.29 is 9.32 Å². The molecule has 25 heavy (non-hydrogen) atoms. The first-order chi connectivity index (χ1) is 11.8. The van der Waals surface area contributed by atoms with Gasteiger partial charge in [0.25, 0.3) is 5.56 Å². The minimum absolute atomic E-state index is 0.170. The maximum Gasteiger partial charge on any atom is 0.297 e. The molecule has 0 aliphatic carbocycles. The number of hydrogen-bond donors (Lipinski definition) is 1. The van der Waals surface area contributed by atoms with Crippen molar-refractivity contribution in [1.29, 1.82) is 0 Å². The van der Waals surface area contributed by atoms with Crippen molar-refractivity contribution >= 4 is 34.1 Å². The van der Waals surface area contributed by atoms with Gasteiger partial charge in [-0.3, -0.25) is 9.59 Å². The predicted octanol–water partition coefficient (Wildman–Crippen LogP) is 3.16. The zero-order valence-corrected chi connectivity index (χ0v) is 15.0. The van der Waals surface area contributed by atoms with Crippen LogP contribution in [0.2, 0.25) is 5.02 Å². The summed E-state index contributed by atoms with van der Waals surface area (Å²) in [7, 11) is 0. The third kappa shape index (κ3) is 3.02. The average molecular weight is 361 g/mol. The van der Waals surface area contributed by atoms with Gasteiger partial charge in [-0.25, -0.2) is 4.68 Å². The number of hydrogen-bond acceptors (Lipinski definition) is 5. The molecule has 3 aromatic rings. The van der Waals surface area contributed by atoms with E-state index in [0.29, 0.717) is 27.6 Å². The third-order valence-corrected chi connectivity index (χ3v) is 4.33. The lowest BCUT2D eigenvalue weighted by atomic mass is 10.2. The number of carbonyl (C=O) groups is 1. The molecule has 1 atom stereocenters. The topological polar surface area (TPSA) is 90.0 Å². The van der Waals surface area contributed by atoms with Crippen molar-refractivity contribution in [2.45, 2.75) is 33.7 Å². The van der Waals surface area contributed by atoms with Gasteiger partial charge in [0.1, 0.15) is 11.8 Å². The summed E-state index contributed by atoms with van der Waals surface area (Å²) in [6.07, 6.45) is 0. The molecular weight excluding hydrogens is 344 g/mol. The second-order valence-electron chi connectivity index (χ2n) is 5.92. The molecule has 0 aliphatic heterocycles. The first-order valence-electron chi connectivity index (χ1n) is 7.72. The predicted molar refractivity (Wildman–Crippen MR) is 95.1 cm³/mol. The molecule has 130 valence electrons. The number of fused-ring (bicyclic) bond motifs is 1. The summed E-state index contributed by atoms with van der Waals surface area (Å²) in [6, 6.07) is 4.38. The van der Waals surface area contributed by atoms with Crippen molar-refractivity contribution in [1.82, 2.24) is 14.9 Å². The highest BCUT2D eigenvalue weighted by Crippen LogP contribution is 2.22. The first kappa shape index (κ1) is 17.2. The van der Waals surface area contributed by atoms with Gasteiger partial charge in [0.05, 0.1) is 11.1 Å². The van der Waals surface area contributed by atoms with Crippen LogP contribution in [0, 0.1) is 20.8 Å². The van der Waals surface area contributed by atoms with Gasteiger partial charge < -0.3 is 9.84 Å². The monoisotopic (exact) mass is 360 g/mol. The van der Waals surface area contributed by atoms with Crippen LogP contribution in [0.15, 0.2) is 27.5 Å². The van der Waals surface area contributed by atoms with Crippen LogP contribution in [0.1, 0.15) is 30.0 Å². The van der Waals surface area contributed by atoms with Gasteiger partial charge in [0.15, 0.2) is 5.52 Å². The Kier molecular flexibility index (Phi) is 4.34. The number of aromatic nitrogens is 3. The van der Waals surface area contributed by atoms with Gasteiger partial charge in [0.2, 0.25) is 5.91 Å². The van der Waals surface area contributed by atoms with E-state index in [-0.39, 0.29) is 11.4 Å². The van der Waals surface area contributed by atoms with Gasteiger partial charge in [0, 0.05) is 10.7 Å². The summed E-state index contributed by atoms with van der Waals surface area (Å²) in [4.78, 5) is 25.2. The average Bonchev–Trinajstić information content (AvgIpc) is 2.96. The van der Waals surface area contributed by atoms with E-state index in [4.69, 9.17) is 16.1 Å². The Morgan fingerprint density at radius 3 is 2.76 bits per heavy atom. The fraction of sp³-hybridized carbons (Fsp3) is 0.294. The molecule has 2 aromatic heterocycles. The maximum absolute atomic E-state index is 12.6. The zero-order valence-electron chi connectivity index (χ0n) is 14.3. The number of carbonyl (C=O) groups excluding carboxylic acids is 1. The molecule has 1 aromatic carbocycles.